The van der Waals surface area contributed by atoms with Gasteiger partial charge >= 0.3 is 0 Å². The van der Waals surface area contributed by atoms with Gasteiger partial charge in [-0.15, -0.1) is 11.3 Å². The molecule has 0 radical (unpaired) electrons. The molecule has 1 amide bonds. The first-order valence-corrected chi connectivity index (χ1v) is 11.4. The highest BCUT2D eigenvalue weighted by Gasteiger charge is 2.19. The molecule has 0 bridgehead atoms. The lowest BCUT2D eigenvalue weighted by molar-refractivity contribution is 0.0950. The van der Waals surface area contributed by atoms with Gasteiger partial charge in [0, 0.05) is 23.2 Å². The minimum atomic E-state index is -0.104. The zero-order valence-corrected chi connectivity index (χ0v) is 17.9. The molecule has 4 aromatic rings. The van der Waals surface area contributed by atoms with Gasteiger partial charge in [-0.25, -0.2) is 9.97 Å². The van der Waals surface area contributed by atoms with E-state index in [9.17, 15) is 4.79 Å². The van der Waals surface area contributed by atoms with Crippen LogP contribution in [0.15, 0.2) is 55.0 Å². The smallest absolute Gasteiger partial charge is 0.251 e. The fraction of sp³-hybridized carbons (Fsp3) is 0.250. The third kappa shape index (κ3) is 4.27. The van der Waals surface area contributed by atoms with E-state index < -0.39 is 0 Å². The number of aromatic nitrogens is 3. The number of carbonyl (C=O) groups is 1. The third-order valence-corrected chi connectivity index (χ3v) is 6.78. The molecule has 1 aromatic carbocycles. The van der Waals surface area contributed by atoms with E-state index in [1.165, 1.54) is 28.7 Å². The van der Waals surface area contributed by atoms with E-state index in [-0.39, 0.29) is 5.91 Å². The van der Waals surface area contributed by atoms with Gasteiger partial charge in [-0.3, -0.25) is 9.78 Å². The molecular weight excluding hydrogens is 406 g/mol. The van der Waals surface area contributed by atoms with Crippen molar-refractivity contribution in [1.29, 1.82) is 0 Å². The van der Waals surface area contributed by atoms with E-state index in [2.05, 4.69) is 25.6 Å². The Labute approximate surface area is 184 Å². The quantitative estimate of drug-likeness (QED) is 0.471. The molecule has 156 valence electrons. The maximum atomic E-state index is 12.4. The number of benzene rings is 1. The van der Waals surface area contributed by atoms with Crippen LogP contribution in [0.2, 0.25) is 0 Å². The largest absolute Gasteiger partial charge is 0.365 e. The van der Waals surface area contributed by atoms with Crippen molar-refractivity contribution in [3.63, 3.8) is 0 Å². The van der Waals surface area contributed by atoms with Crippen molar-refractivity contribution in [2.75, 3.05) is 5.32 Å². The summed E-state index contributed by atoms with van der Waals surface area (Å²) in [5.74, 6) is 0.800. The highest BCUT2D eigenvalue weighted by atomic mass is 32.1. The maximum Gasteiger partial charge on any atom is 0.251 e. The summed E-state index contributed by atoms with van der Waals surface area (Å²) < 4.78 is 0. The van der Waals surface area contributed by atoms with Gasteiger partial charge in [0.25, 0.3) is 5.91 Å². The maximum absolute atomic E-state index is 12.4. The van der Waals surface area contributed by atoms with E-state index in [1.54, 1.807) is 23.9 Å². The SMILES string of the molecule is O=C(NCc1ccccn1)c1ccc(CNc2ncnc3sc4c(c23)CCCC4)cc1. The molecule has 0 saturated heterocycles. The number of rotatable bonds is 6. The number of amides is 1. The zero-order chi connectivity index (χ0) is 21.0. The Morgan fingerprint density at radius 3 is 2.68 bits per heavy atom. The number of pyridine rings is 1. The monoisotopic (exact) mass is 429 g/mol. The highest BCUT2D eigenvalue weighted by molar-refractivity contribution is 7.19. The van der Waals surface area contributed by atoms with Gasteiger partial charge in [0.1, 0.15) is 17.0 Å². The Morgan fingerprint density at radius 1 is 0.968 bits per heavy atom. The Hall–Kier alpha value is -3.32. The number of aryl methyl sites for hydroxylation is 2. The van der Waals surface area contributed by atoms with Gasteiger partial charge in [-0.1, -0.05) is 18.2 Å². The first-order chi connectivity index (χ1) is 15.3. The standard InChI is InChI=1S/C24H23N5OS/c30-23(27-14-18-5-3-4-12-25-18)17-10-8-16(9-11-17)13-26-22-21-19-6-1-2-7-20(19)31-24(21)29-15-28-22/h3-5,8-12,15H,1-2,6-7,13-14H2,(H,27,30)(H,26,28,29). The predicted octanol–water partition coefficient (Wildman–Crippen LogP) is 4.51. The Balaban J connectivity index is 1.24. The molecule has 0 aliphatic heterocycles. The lowest BCUT2D eigenvalue weighted by Crippen LogP contribution is -2.23. The van der Waals surface area contributed by atoms with Gasteiger partial charge in [0.05, 0.1) is 17.6 Å². The molecule has 0 fully saturated rings. The number of fused-ring (bicyclic) bond motifs is 3. The molecule has 0 saturated carbocycles. The van der Waals surface area contributed by atoms with Crippen LogP contribution >= 0.6 is 11.3 Å². The van der Waals surface area contributed by atoms with Crippen LogP contribution in [0.1, 0.15) is 44.9 Å². The van der Waals surface area contributed by atoms with Crippen LogP contribution in [0.4, 0.5) is 5.82 Å². The summed E-state index contributed by atoms with van der Waals surface area (Å²) in [7, 11) is 0. The van der Waals surface area contributed by atoms with E-state index >= 15 is 0 Å². The molecule has 5 rings (SSSR count). The number of nitrogens with zero attached hydrogens (tertiary/aromatic N) is 3. The second kappa shape index (κ2) is 8.81. The van der Waals surface area contributed by atoms with Crippen molar-refractivity contribution in [3.05, 3.63) is 82.3 Å². The Kier molecular flexibility index (Phi) is 5.58. The first-order valence-electron chi connectivity index (χ1n) is 10.5. The number of hydrogen-bond acceptors (Lipinski definition) is 6. The van der Waals surface area contributed by atoms with Gasteiger partial charge < -0.3 is 10.6 Å². The molecule has 3 heterocycles. The van der Waals surface area contributed by atoms with Gasteiger partial charge in [-0.2, -0.15) is 0 Å². The van der Waals surface area contributed by atoms with E-state index in [0.717, 1.165) is 34.7 Å². The van der Waals surface area contributed by atoms with Crippen LogP contribution in [-0.2, 0) is 25.9 Å². The normalized spacial score (nSPS) is 13.0. The van der Waals surface area contributed by atoms with E-state index in [0.29, 0.717) is 18.7 Å². The molecule has 0 unspecified atom stereocenters. The number of anilines is 1. The van der Waals surface area contributed by atoms with Crippen LogP contribution < -0.4 is 10.6 Å². The average molecular weight is 430 g/mol. The van der Waals surface area contributed by atoms with Crippen molar-refractivity contribution < 1.29 is 4.79 Å². The van der Waals surface area contributed by atoms with E-state index in [1.807, 2.05) is 42.5 Å². The van der Waals surface area contributed by atoms with Crippen LogP contribution in [0.25, 0.3) is 10.2 Å². The summed E-state index contributed by atoms with van der Waals surface area (Å²) in [4.78, 5) is 28.2. The molecule has 3 aromatic heterocycles. The Bertz CT molecular complexity index is 1200. The van der Waals surface area contributed by atoms with Crippen molar-refractivity contribution in [2.45, 2.75) is 38.8 Å². The molecule has 6 nitrogen and oxygen atoms in total. The van der Waals surface area contributed by atoms with Crippen molar-refractivity contribution in [3.8, 4) is 0 Å². The minimum absolute atomic E-state index is 0.104. The molecular formula is C24H23N5OS. The summed E-state index contributed by atoms with van der Waals surface area (Å²) in [5.41, 5.74) is 3.99. The molecule has 7 heteroatoms. The number of nitrogens with one attached hydrogen (secondary N) is 2. The number of thiophene rings is 1. The van der Waals surface area contributed by atoms with Crippen LogP contribution in [0.3, 0.4) is 0 Å². The summed E-state index contributed by atoms with van der Waals surface area (Å²) in [6, 6.07) is 13.3. The fourth-order valence-electron chi connectivity index (χ4n) is 3.96. The molecule has 1 aliphatic rings. The van der Waals surface area contributed by atoms with Gasteiger partial charge in [0.15, 0.2) is 0 Å². The predicted molar refractivity (Wildman–Crippen MR) is 123 cm³/mol. The summed E-state index contributed by atoms with van der Waals surface area (Å²) in [6.45, 7) is 1.06. The molecule has 2 N–H and O–H groups in total. The molecule has 0 spiro atoms. The summed E-state index contributed by atoms with van der Waals surface area (Å²) in [6.07, 6.45) is 8.12. The third-order valence-electron chi connectivity index (χ3n) is 5.58. The first kappa shape index (κ1) is 19.6. The molecule has 0 atom stereocenters. The second-order valence-electron chi connectivity index (χ2n) is 7.67. The highest BCUT2D eigenvalue weighted by Crippen LogP contribution is 2.38. The molecule has 31 heavy (non-hydrogen) atoms. The van der Waals surface area contributed by atoms with Crippen LogP contribution in [0.5, 0.6) is 0 Å². The number of hydrogen-bond donors (Lipinski definition) is 2. The van der Waals surface area contributed by atoms with Crippen molar-refractivity contribution >= 4 is 33.3 Å². The Morgan fingerprint density at radius 2 is 1.84 bits per heavy atom. The topological polar surface area (TPSA) is 79.8 Å². The summed E-state index contributed by atoms with van der Waals surface area (Å²) in [5, 5.41) is 7.58. The number of carbonyl (C=O) groups excluding carboxylic acids is 1. The van der Waals surface area contributed by atoms with Crippen molar-refractivity contribution in [2.24, 2.45) is 0 Å². The average Bonchev–Trinajstić information content (AvgIpc) is 3.21. The lowest BCUT2D eigenvalue weighted by Gasteiger charge is -2.12. The fourth-order valence-corrected chi connectivity index (χ4v) is 5.19. The van der Waals surface area contributed by atoms with Crippen LogP contribution in [-0.4, -0.2) is 20.9 Å². The van der Waals surface area contributed by atoms with Crippen molar-refractivity contribution in [1.82, 2.24) is 20.3 Å². The van der Waals surface area contributed by atoms with Gasteiger partial charge in [-0.05, 0) is 61.1 Å². The minimum Gasteiger partial charge on any atom is -0.365 e. The zero-order valence-electron chi connectivity index (χ0n) is 17.1. The van der Waals surface area contributed by atoms with E-state index in [4.69, 9.17) is 0 Å². The van der Waals surface area contributed by atoms with Crippen LogP contribution in [0, 0.1) is 0 Å². The second-order valence-corrected chi connectivity index (χ2v) is 8.75. The molecule has 1 aliphatic carbocycles. The lowest BCUT2D eigenvalue weighted by atomic mass is 9.97. The summed E-state index contributed by atoms with van der Waals surface area (Å²) >= 11 is 1.80. The van der Waals surface area contributed by atoms with Gasteiger partial charge in [0.2, 0.25) is 0 Å².